The van der Waals surface area contributed by atoms with E-state index in [-0.39, 0.29) is 16.0 Å². The zero-order valence-electron chi connectivity index (χ0n) is 19.0. The lowest BCUT2D eigenvalue weighted by Crippen LogP contribution is -2.26. The number of H-pyrrole nitrogens is 1. The lowest BCUT2D eigenvalue weighted by Gasteiger charge is -2.15. The van der Waals surface area contributed by atoms with Crippen LogP contribution in [0.15, 0.2) is 74.5 Å². The minimum Gasteiger partial charge on any atom is -0.325 e. The molecule has 2 aromatic carbocycles. The fourth-order valence-electron chi connectivity index (χ4n) is 3.09. The average molecular weight is 486 g/mol. The Hall–Kier alpha value is -2.91. The van der Waals surface area contributed by atoms with Crippen LogP contribution in [0.2, 0.25) is 0 Å². The summed E-state index contributed by atoms with van der Waals surface area (Å²) in [6.45, 7) is 7.90. The summed E-state index contributed by atoms with van der Waals surface area (Å²) in [6.07, 6.45) is 1.54. The molecule has 7 nitrogen and oxygen atoms in total. The van der Waals surface area contributed by atoms with Crippen molar-refractivity contribution >= 4 is 33.2 Å². The van der Waals surface area contributed by atoms with Gasteiger partial charge in [0.25, 0.3) is 5.56 Å². The topological polar surface area (TPSA) is 109 Å². The summed E-state index contributed by atoms with van der Waals surface area (Å²) in [6, 6.07) is 13.9. The summed E-state index contributed by atoms with van der Waals surface area (Å²) in [7, 11) is -4.00. The SMILES string of the molecule is CCC(Sc1ncc(S(=O)(=O)c2ccc(C)cc2)c(=O)[nH]1)C(=O)Nc1ccc(C(C)C)cc1. The van der Waals surface area contributed by atoms with E-state index in [1.54, 1.807) is 12.1 Å². The molecule has 2 N–H and O–H groups in total. The van der Waals surface area contributed by atoms with E-state index in [0.717, 1.165) is 23.5 Å². The van der Waals surface area contributed by atoms with Gasteiger partial charge in [-0.1, -0.05) is 62.4 Å². The van der Waals surface area contributed by atoms with Gasteiger partial charge in [-0.05, 0) is 49.1 Å². The molecule has 0 aliphatic heterocycles. The van der Waals surface area contributed by atoms with Gasteiger partial charge in [-0.25, -0.2) is 13.4 Å². The van der Waals surface area contributed by atoms with Crippen molar-refractivity contribution in [3.63, 3.8) is 0 Å². The van der Waals surface area contributed by atoms with Gasteiger partial charge in [0.15, 0.2) is 10.1 Å². The second kappa shape index (κ2) is 10.4. The lowest BCUT2D eigenvalue weighted by atomic mass is 10.0. The molecular formula is C24H27N3O4S2. The number of aromatic nitrogens is 2. The van der Waals surface area contributed by atoms with E-state index < -0.39 is 25.5 Å². The zero-order valence-corrected chi connectivity index (χ0v) is 20.6. The molecule has 1 amide bonds. The van der Waals surface area contributed by atoms with Crippen molar-refractivity contribution in [2.75, 3.05) is 5.32 Å². The number of sulfone groups is 1. The molecule has 0 aliphatic rings. The molecule has 1 heterocycles. The van der Waals surface area contributed by atoms with Crippen LogP contribution < -0.4 is 10.9 Å². The number of aryl methyl sites for hydroxylation is 1. The van der Waals surface area contributed by atoms with Gasteiger partial charge in [-0.3, -0.25) is 9.59 Å². The van der Waals surface area contributed by atoms with Crippen molar-refractivity contribution in [3.8, 4) is 0 Å². The zero-order chi connectivity index (χ0) is 24.2. The molecule has 33 heavy (non-hydrogen) atoms. The normalized spacial score (nSPS) is 12.5. The first-order valence-corrected chi connectivity index (χ1v) is 13.0. The van der Waals surface area contributed by atoms with Crippen LogP contribution in [0.25, 0.3) is 0 Å². The maximum Gasteiger partial charge on any atom is 0.270 e. The molecule has 3 rings (SSSR count). The van der Waals surface area contributed by atoms with Crippen molar-refractivity contribution in [2.24, 2.45) is 0 Å². The quantitative estimate of drug-likeness (QED) is 0.358. The summed E-state index contributed by atoms with van der Waals surface area (Å²) < 4.78 is 25.6. The van der Waals surface area contributed by atoms with E-state index in [1.165, 1.54) is 17.7 Å². The second-order valence-corrected chi connectivity index (χ2v) is 11.1. The van der Waals surface area contributed by atoms with E-state index in [1.807, 2.05) is 38.1 Å². The number of benzene rings is 2. The number of nitrogens with one attached hydrogen (secondary N) is 2. The molecular weight excluding hydrogens is 458 g/mol. The molecule has 1 unspecified atom stereocenters. The van der Waals surface area contributed by atoms with Gasteiger partial charge in [-0.2, -0.15) is 0 Å². The van der Waals surface area contributed by atoms with Gasteiger partial charge in [0.05, 0.1) is 16.3 Å². The number of nitrogens with zero attached hydrogens (tertiary/aromatic N) is 1. The van der Waals surface area contributed by atoms with Crippen LogP contribution in [0.4, 0.5) is 5.69 Å². The predicted octanol–water partition coefficient (Wildman–Crippen LogP) is 4.54. The first kappa shape index (κ1) is 24.7. The number of thioether (sulfide) groups is 1. The Bertz CT molecular complexity index is 1280. The summed E-state index contributed by atoms with van der Waals surface area (Å²) in [5.41, 5.74) is 2.00. The van der Waals surface area contributed by atoms with Gasteiger partial charge in [-0.15, -0.1) is 0 Å². The number of carbonyl (C=O) groups excluding carboxylic acids is 1. The number of hydrogen-bond acceptors (Lipinski definition) is 6. The fraction of sp³-hybridized carbons (Fsp3) is 0.292. The van der Waals surface area contributed by atoms with E-state index in [9.17, 15) is 18.0 Å². The number of rotatable bonds is 8. The van der Waals surface area contributed by atoms with E-state index in [0.29, 0.717) is 18.0 Å². The lowest BCUT2D eigenvalue weighted by molar-refractivity contribution is -0.115. The molecule has 0 saturated carbocycles. The second-order valence-electron chi connectivity index (χ2n) is 7.98. The molecule has 0 aliphatic carbocycles. The number of amides is 1. The predicted molar refractivity (Wildman–Crippen MR) is 131 cm³/mol. The van der Waals surface area contributed by atoms with Crippen molar-refractivity contribution in [2.45, 2.75) is 60.2 Å². The minimum atomic E-state index is -4.00. The van der Waals surface area contributed by atoms with Gasteiger partial charge in [0, 0.05) is 5.69 Å². The number of carbonyl (C=O) groups is 1. The molecule has 1 aromatic heterocycles. The first-order chi connectivity index (χ1) is 15.6. The molecule has 0 fully saturated rings. The Labute approximate surface area is 198 Å². The summed E-state index contributed by atoms with van der Waals surface area (Å²) in [4.78, 5) is 31.5. The first-order valence-electron chi connectivity index (χ1n) is 10.6. The van der Waals surface area contributed by atoms with Crippen LogP contribution in [0.1, 0.15) is 44.2 Å². The number of hydrogen-bond donors (Lipinski definition) is 2. The third-order valence-corrected chi connectivity index (χ3v) is 8.15. The number of anilines is 1. The van der Waals surface area contributed by atoms with Crippen molar-refractivity contribution in [3.05, 3.63) is 76.2 Å². The van der Waals surface area contributed by atoms with Crippen LogP contribution >= 0.6 is 11.8 Å². The molecule has 174 valence electrons. The Morgan fingerprint density at radius 1 is 1.09 bits per heavy atom. The molecule has 0 radical (unpaired) electrons. The van der Waals surface area contributed by atoms with Crippen LogP contribution in [-0.4, -0.2) is 29.5 Å². The Morgan fingerprint density at radius 3 is 2.27 bits per heavy atom. The highest BCUT2D eigenvalue weighted by Crippen LogP contribution is 2.25. The van der Waals surface area contributed by atoms with E-state index in [2.05, 4.69) is 29.1 Å². The monoisotopic (exact) mass is 485 g/mol. The average Bonchev–Trinajstić information content (AvgIpc) is 2.78. The summed E-state index contributed by atoms with van der Waals surface area (Å²) >= 11 is 1.08. The standard InChI is InChI=1S/C24H27N3O4S2/c1-5-20(22(28)26-18-10-8-17(9-11-18)15(2)3)32-24-25-14-21(23(29)27-24)33(30,31)19-12-6-16(4)7-13-19/h6-15,20H,5H2,1-4H3,(H,26,28)(H,25,27,29). The fourth-order valence-corrected chi connectivity index (χ4v) is 5.20. The van der Waals surface area contributed by atoms with E-state index >= 15 is 0 Å². The third kappa shape index (κ3) is 5.91. The Kier molecular flexibility index (Phi) is 7.76. The number of aromatic amines is 1. The molecule has 0 bridgehead atoms. The van der Waals surface area contributed by atoms with Gasteiger partial charge in [0.1, 0.15) is 0 Å². The van der Waals surface area contributed by atoms with Gasteiger partial charge < -0.3 is 10.3 Å². The maximum atomic E-state index is 12.8. The van der Waals surface area contributed by atoms with E-state index in [4.69, 9.17) is 0 Å². The van der Waals surface area contributed by atoms with Crippen LogP contribution in [0.3, 0.4) is 0 Å². The molecule has 3 aromatic rings. The van der Waals surface area contributed by atoms with Crippen molar-refractivity contribution in [1.82, 2.24) is 9.97 Å². The highest BCUT2D eigenvalue weighted by molar-refractivity contribution is 8.00. The Balaban J connectivity index is 1.75. The van der Waals surface area contributed by atoms with Crippen LogP contribution in [-0.2, 0) is 14.6 Å². The largest absolute Gasteiger partial charge is 0.325 e. The van der Waals surface area contributed by atoms with Gasteiger partial charge >= 0.3 is 0 Å². The van der Waals surface area contributed by atoms with Gasteiger partial charge in [0.2, 0.25) is 15.7 Å². The van der Waals surface area contributed by atoms with Crippen LogP contribution in [0.5, 0.6) is 0 Å². The minimum absolute atomic E-state index is 0.0232. The highest BCUT2D eigenvalue weighted by atomic mass is 32.2. The van der Waals surface area contributed by atoms with Crippen LogP contribution in [0, 0.1) is 6.92 Å². The Morgan fingerprint density at radius 2 is 1.73 bits per heavy atom. The third-order valence-electron chi connectivity index (χ3n) is 5.13. The molecule has 0 spiro atoms. The van der Waals surface area contributed by atoms with Crippen molar-refractivity contribution < 1.29 is 13.2 Å². The molecule has 1 atom stereocenters. The maximum absolute atomic E-state index is 12.8. The summed E-state index contributed by atoms with van der Waals surface area (Å²) in [5, 5.41) is 2.54. The summed E-state index contributed by atoms with van der Waals surface area (Å²) in [5.74, 6) is 0.174. The highest BCUT2D eigenvalue weighted by Gasteiger charge is 2.24. The van der Waals surface area contributed by atoms with Crippen molar-refractivity contribution in [1.29, 1.82) is 0 Å². The molecule has 9 heteroatoms. The molecule has 0 saturated heterocycles. The smallest absolute Gasteiger partial charge is 0.270 e.